The molecule has 0 heterocycles. The quantitative estimate of drug-likeness (QED) is 0.336. The highest BCUT2D eigenvalue weighted by molar-refractivity contribution is 4.71. The van der Waals surface area contributed by atoms with Crippen LogP contribution in [0.15, 0.2) is 13.2 Å². The molecule has 0 aliphatic heterocycles. The Morgan fingerprint density at radius 3 is 1.46 bits per heavy atom. The van der Waals surface area contributed by atoms with Gasteiger partial charge in [-0.1, -0.05) is 73.6 Å². The number of nitrogens with zero attached hydrogens (tertiary/aromatic N) is 1. The Bertz CT molecular complexity index is 213. The van der Waals surface area contributed by atoms with Crippen molar-refractivity contribution in [1.29, 1.82) is 0 Å². The summed E-state index contributed by atoms with van der Waals surface area (Å²) in [6.07, 6.45) is 11.1. The minimum absolute atomic E-state index is 0.278. The van der Waals surface area contributed by atoms with E-state index >= 15 is 0 Å². The fourth-order valence-corrected chi connectivity index (χ4v) is 2.08. The first-order chi connectivity index (χ1) is 11.3. The lowest BCUT2D eigenvalue weighted by Crippen LogP contribution is -2.31. The summed E-state index contributed by atoms with van der Waals surface area (Å²) in [4.78, 5) is 2.62. The Morgan fingerprint density at radius 2 is 1.12 bits per heavy atom. The number of nitrogens with two attached hydrogens (primary N) is 1. The van der Waals surface area contributed by atoms with Crippen LogP contribution in [0.1, 0.15) is 99.8 Å². The molecule has 2 heteroatoms. The van der Waals surface area contributed by atoms with Gasteiger partial charge in [0.25, 0.3) is 0 Å². The number of rotatable bonds is 11. The van der Waals surface area contributed by atoms with Gasteiger partial charge in [0.05, 0.1) is 0 Å². The van der Waals surface area contributed by atoms with Gasteiger partial charge in [0.1, 0.15) is 0 Å². The van der Waals surface area contributed by atoms with Gasteiger partial charge < -0.3 is 10.6 Å². The van der Waals surface area contributed by atoms with Crippen LogP contribution in [0.2, 0.25) is 0 Å². The average Bonchev–Trinajstić information content (AvgIpc) is 2.52. The Balaban J connectivity index is -0.000000410. The van der Waals surface area contributed by atoms with E-state index in [4.69, 9.17) is 5.73 Å². The van der Waals surface area contributed by atoms with E-state index in [-0.39, 0.29) is 5.41 Å². The summed E-state index contributed by atoms with van der Waals surface area (Å²) in [5.74, 6) is 0. The van der Waals surface area contributed by atoms with Crippen LogP contribution < -0.4 is 5.73 Å². The molecule has 0 aliphatic carbocycles. The summed E-state index contributed by atoms with van der Waals surface area (Å²) in [7, 11) is 0. The molecule has 0 aliphatic rings. The smallest absolute Gasteiger partial charge is 0.00591 e. The maximum atomic E-state index is 5.57. The summed E-state index contributed by atoms with van der Waals surface area (Å²) in [6.45, 7) is 25.2. The largest absolute Gasteiger partial charge is 0.327 e. The molecular formula is C22H50N2. The molecule has 2 nitrogen and oxygen atoms in total. The van der Waals surface area contributed by atoms with Crippen molar-refractivity contribution in [3.63, 3.8) is 0 Å². The molecule has 1 atom stereocenters. The maximum absolute atomic E-state index is 5.57. The topological polar surface area (TPSA) is 29.3 Å². The van der Waals surface area contributed by atoms with E-state index in [2.05, 4.69) is 59.6 Å². The molecule has 0 aromatic rings. The third-order valence-electron chi connectivity index (χ3n) is 4.27. The fraction of sp³-hybridized carbons (Fsp3) is 0.909. The number of hydrogen-bond acceptors (Lipinski definition) is 2. The monoisotopic (exact) mass is 342 g/mol. The third kappa shape index (κ3) is 23.9. The minimum atomic E-state index is 0.278. The van der Waals surface area contributed by atoms with Crippen LogP contribution in [-0.2, 0) is 0 Å². The van der Waals surface area contributed by atoms with Gasteiger partial charge in [0.15, 0.2) is 0 Å². The Labute approximate surface area is 155 Å². The lowest BCUT2D eigenvalue weighted by molar-refractivity contribution is 0.268. The Kier molecular flexibility index (Phi) is 24.6. The Hall–Kier alpha value is -0.340. The van der Waals surface area contributed by atoms with Crippen LogP contribution >= 0.6 is 0 Å². The zero-order chi connectivity index (χ0) is 19.4. The normalized spacial score (nSPS) is 12.0. The number of unbranched alkanes of at least 4 members (excludes halogenated alkanes) is 5. The molecule has 2 N–H and O–H groups in total. The molecule has 148 valence electrons. The van der Waals surface area contributed by atoms with E-state index in [9.17, 15) is 0 Å². The third-order valence-corrected chi connectivity index (χ3v) is 4.27. The van der Waals surface area contributed by atoms with Crippen molar-refractivity contribution in [2.45, 2.75) is 106 Å². The highest BCUT2D eigenvalue weighted by Gasteiger charge is 2.14. The van der Waals surface area contributed by atoms with Gasteiger partial charge in [-0.2, -0.15) is 0 Å². The second-order valence-corrected chi connectivity index (χ2v) is 7.76. The first-order valence-electron chi connectivity index (χ1n) is 10.3. The molecule has 0 spiro atoms. The van der Waals surface area contributed by atoms with Gasteiger partial charge in [-0.15, -0.1) is 13.2 Å². The summed E-state index contributed by atoms with van der Waals surface area (Å²) in [5.41, 5.74) is 5.85. The summed E-state index contributed by atoms with van der Waals surface area (Å²) in [5, 5.41) is 0. The molecule has 0 bridgehead atoms. The van der Waals surface area contributed by atoms with Crippen molar-refractivity contribution in [2.75, 3.05) is 19.6 Å². The molecule has 0 radical (unpaired) electrons. The van der Waals surface area contributed by atoms with Gasteiger partial charge in [-0.3, -0.25) is 0 Å². The zero-order valence-corrected chi connectivity index (χ0v) is 18.3. The molecule has 1 unspecified atom stereocenters. The summed E-state index contributed by atoms with van der Waals surface area (Å²) >= 11 is 0. The SMILES string of the molecule is C=C.CC(N)C(C)(C)C.CCCCCCCCN(CCC)CCC. The van der Waals surface area contributed by atoms with Gasteiger partial charge in [0.2, 0.25) is 0 Å². The molecule has 24 heavy (non-hydrogen) atoms. The van der Waals surface area contributed by atoms with Crippen molar-refractivity contribution >= 4 is 0 Å². The van der Waals surface area contributed by atoms with E-state index in [0.29, 0.717) is 6.04 Å². The van der Waals surface area contributed by atoms with Gasteiger partial charge in [0, 0.05) is 6.04 Å². The first kappa shape index (κ1) is 28.5. The van der Waals surface area contributed by atoms with Crippen molar-refractivity contribution in [1.82, 2.24) is 4.90 Å². The maximum Gasteiger partial charge on any atom is 0.00591 e. The van der Waals surface area contributed by atoms with Crippen LogP contribution in [0, 0.1) is 5.41 Å². The molecule has 0 amide bonds. The van der Waals surface area contributed by atoms with Crippen LogP contribution in [0.4, 0.5) is 0 Å². The van der Waals surface area contributed by atoms with E-state index in [0.717, 1.165) is 0 Å². The standard InChI is InChI=1S/C14H31N.C6H15N.C2H4/c1-4-7-8-9-10-11-14-15(12-5-2)13-6-3;1-5(7)6(2,3)4;1-2/h4-14H2,1-3H3;5H,7H2,1-4H3;1-2H2. The second kappa shape index (κ2) is 20.7. The Morgan fingerprint density at radius 1 is 0.750 bits per heavy atom. The van der Waals surface area contributed by atoms with Crippen LogP contribution in [0.5, 0.6) is 0 Å². The second-order valence-electron chi connectivity index (χ2n) is 7.76. The predicted molar refractivity (Wildman–Crippen MR) is 115 cm³/mol. The van der Waals surface area contributed by atoms with E-state index in [1.807, 2.05) is 6.92 Å². The molecule has 0 aromatic heterocycles. The van der Waals surface area contributed by atoms with E-state index in [1.165, 1.54) is 71.0 Å². The van der Waals surface area contributed by atoms with Crippen LogP contribution in [0.25, 0.3) is 0 Å². The van der Waals surface area contributed by atoms with Crippen LogP contribution in [0.3, 0.4) is 0 Å². The molecular weight excluding hydrogens is 292 g/mol. The molecule has 0 saturated heterocycles. The highest BCUT2D eigenvalue weighted by atomic mass is 15.1. The predicted octanol–water partition coefficient (Wildman–Crippen LogP) is 6.65. The summed E-state index contributed by atoms with van der Waals surface area (Å²) < 4.78 is 0. The zero-order valence-electron chi connectivity index (χ0n) is 18.3. The van der Waals surface area contributed by atoms with Crippen LogP contribution in [-0.4, -0.2) is 30.6 Å². The fourth-order valence-electron chi connectivity index (χ4n) is 2.08. The average molecular weight is 343 g/mol. The van der Waals surface area contributed by atoms with Gasteiger partial charge in [-0.05, 0) is 51.2 Å². The minimum Gasteiger partial charge on any atom is -0.327 e. The summed E-state index contributed by atoms with van der Waals surface area (Å²) in [6, 6.07) is 0.299. The first-order valence-corrected chi connectivity index (χ1v) is 10.3. The lowest BCUT2D eigenvalue weighted by atomic mass is 9.89. The lowest BCUT2D eigenvalue weighted by Gasteiger charge is -2.22. The van der Waals surface area contributed by atoms with Crippen molar-refractivity contribution in [2.24, 2.45) is 11.1 Å². The molecule has 0 fully saturated rings. The molecule has 0 aromatic carbocycles. The van der Waals surface area contributed by atoms with E-state index in [1.54, 1.807) is 0 Å². The van der Waals surface area contributed by atoms with Crippen molar-refractivity contribution < 1.29 is 0 Å². The molecule has 0 rings (SSSR count). The van der Waals surface area contributed by atoms with Crippen molar-refractivity contribution in [3.8, 4) is 0 Å². The van der Waals surface area contributed by atoms with Crippen molar-refractivity contribution in [3.05, 3.63) is 13.2 Å². The number of hydrogen-bond donors (Lipinski definition) is 1. The molecule has 0 saturated carbocycles. The van der Waals surface area contributed by atoms with Gasteiger partial charge >= 0.3 is 0 Å². The highest BCUT2D eigenvalue weighted by Crippen LogP contribution is 2.15. The van der Waals surface area contributed by atoms with E-state index < -0.39 is 0 Å². The van der Waals surface area contributed by atoms with Gasteiger partial charge in [-0.25, -0.2) is 0 Å².